The van der Waals surface area contributed by atoms with E-state index in [0.29, 0.717) is 15.6 Å². The molecule has 1 rings (SSSR count). The van der Waals surface area contributed by atoms with Crippen molar-refractivity contribution in [1.29, 1.82) is 0 Å². The van der Waals surface area contributed by atoms with Gasteiger partial charge in [-0.15, -0.1) is 0 Å². The Morgan fingerprint density at radius 1 is 1.39 bits per heavy atom. The number of rotatable bonds is 4. The van der Waals surface area contributed by atoms with Gasteiger partial charge in [-0.2, -0.15) is 0 Å². The number of urea groups is 1. The van der Waals surface area contributed by atoms with Crippen molar-refractivity contribution in [3.63, 3.8) is 0 Å². The first-order valence-electron chi connectivity index (χ1n) is 5.11. The third kappa shape index (κ3) is 4.43. The Morgan fingerprint density at radius 2 is 2.06 bits per heavy atom. The number of amides is 2. The van der Waals surface area contributed by atoms with Crippen LogP contribution in [0.25, 0.3) is 0 Å². The van der Waals surface area contributed by atoms with E-state index in [4.69, 9.17) is 28.3 Å². The molecule has 0 aliphatic rings. The lowest BCUT2D eigenvalue weighted by molar-refractivity contribution is -0.135. The van der Waals surface area contributed by atoms with Crippen molar-refractivity contribution in [1.82, 2.24) is 10.6 Å². The molecular formula is C11H12Cl2N2O3. The molecule has 7 heteroatoms. The second-order valence-electron chi connectivity index (χ2n) is 3.61. The fourth-order valence-corrected chi connectivity index (χ4v) is 1.91. The molecule has 5 nitrogen and oxygen atoms in total. The number of carbonyl (C=O) groups excluding carboxylic acids is 1. The molecule has 0 bridgehead atoms. The molecule has 0 heterocycles. The van der Waals surface area contributed by atoms with Crippen molar-refractivity contribution >= 4 is 35.2 Å². The highest BCUT2D eigenvalue weighted by atomic mass is 35.5. The molecule has 0 radical (unpaired) electrons. The summed E-state index contributed by atoms with van der Waals surface area (Å²) in [6.07, 6.45) is 0. The van der Waals surface area contributed by atoms with E-state index in [1.165, 1.54) is 0 Å². The van der Waals surface area contributed by atoms with Gasteiger partial charge in [-0.25, -0.2) is 4.79 Å². The van der Waals surface area contributed by atoms with Crippen LogP contribution in [0.2, 0.25) is 10.0 Å². The van der Waals surface area contributed by atoms with Gasteiger partial charge < -0.3 is 15.7 Å². The monoisotopic (exact) mass is 290 g/mol. The van der Waals surface area contributed by atoms with Crippen molar-refractivity contribution in [2.75, 3.05) is 6.54 Å². The number of aliphatic carboxylic acids is 1. The molecule has 0 saturated carbocycles. The molecule has 1 unspecified atom stereocenters. The van der Waals surface area contributed by atoms with Gasteiger partial charge in [0, 0.05) is 10.0 Å². The minimum absolute atomic E-state index is 0.358. The highest BCUT2D eigenvalue weighted by molar-refractivity contribution is 6.35. The van der Waals surface area contributed by atoms with Crippen LogP contribution in [0.1, 0.15) is 18.5 Å². The van der Waals surface area contributed by atoms with E-state index in [2.05, 4.69) is 10.6 Å². The van der Waals surface area contributed by atoms with Crippen molar-refractivity contribution in [3.05, 3.63) is 33.8 Å². The fraction of sp³-hybridized carbons (Fsp3) is 0.273. The summed E-state index contributed by atoms with van der Waals surface area (Å²) in [5.41, 5.74) is 0.701. The van der Waals surface area contributed by atoms with E-state index in [1.807, 2.05) is 0 Å². The normalized spacial score (nSPS) is 11.7. The Bertz CT molecular complexity index is 466. The van der Waals surface area contributed by atoms with Crippen molar-refractivity contribution < 1.29 is 14.7 Å². The lowest BCUT2D eigenvalue weighted by Crippen LogP contribution is -2.39. The van der Waals surface area contributed by atoms with Crippen LogP contribution in [0.15, 0.2) is 18.2 Å². The fourth-order valence-electron chi connectivity index (χ4n) is 1.33. The molecule has 18 heavy (non-hydrogen) atoms. The number of nitrogens with one attached hydrogen (secondary N) is 2. The van der Waals surface area contributed by atoms with Gasteiger partial charge in [-0.1, -0.05) is 29.3 Å². The number of halogens is 2. The summed E-state index contributed by atoms with van der Waals surface area (Å²) in [7, 11) is 0. The zero-order valence-electron chi connectivity index (χ0n) is 9.54. The summed E-state index contributed by atoms with van der Waals surface area (Å²) in [5, 5.41) is 14.1. The van der Waals surface area contributed by atoms with Crippen molar-refractivity contribution in [3.8, 4) is 0 Å². The second-order valence-corrected chi connectivity index (χ2v) is 4.45. The number of benzene rings is 1. The molecule has 98 valence electrons. The maximum Gasteiger partial charge on any atom is 0.323 e. The molecule has 1 atom stereocenters. The SMILES string of the molecule is CC(NC(=O)NCC(=O)O)c1ccc(Cl)cc1Cl. The number of hydrogen-bond acceptors (Lipinski definition) is 2. The Labute approximate surface area is 114 Å². The molecule has 0 aromatic heterocycles. The molecule has 0 aliphatic carbocycles. The summed E-state index contributed by atoms with van der Waals surface area (Å²) in [4.78, 5) is 21.6. The van der Waals surface area contributed by atoms with Gasteiger partial charge in [0.2, 0.25) is 0 Å². The number of carboxylic acid groups (broad SMARTS) is 1. The van der Waals surface area contributed by atoms with Gasteiger partial charge in [-0.3, -0.25) is 4.79 Å². The predicted molar refractivity (Wildman–Crippen MR) is 69.0 cm³/mol. The summed E-state index contributed by atoms with van der Waals surface area (Å²) in [6.45, 7) is 1.29. The highest BCUT2D eigenvalue weighted by Gasteiger charge is 2.13. The average Bonchev–Trinajstić information content (AvgIpc) is 2.26. The third-order valence-corrected chi connectivity index (χ3v) is 2.74. The Hall–Kier alpha value is -1.46. The predicted octanol–water partition coefficient (Wildman–Crippen LogP) is 2.44. The quantitative estimate of drug-likeness (QED) is 0.797. The van der Waals surface area contributed by atoms with Crippen LogP contribution in [-0.4, -0.2) is 23.7 Å². The molecule has 0 saturated heterocycles. The molecule has 0 spiro atoms. The van der Waals surface area contributed by atoms with E-state index < -0.39 is 18.5 Å². The Kier molecular flexibility index (Phi) is 5.25. The largest absolute Gasteiger partial charge is 0.480 e. The molecule has 3 N–H and O–H groups in total. The van der Waals surface area contributed by atoms with Crippen LogP contribution in [0.4, 0.5) is 4.79 Å². The van der Waals surface area contributed by atoms with E-state index in [-0.39, 0.29) is 6.04 Å². The van der Waals surface area contributed by atoms with E-state index in [9.17, 15) is 9.59 Å². The number of hydrogen-bond donors (Lipinski definition) is 3. The summed E-state index contributed by atoms with van der Waals surface area (Å²) in [6, 6.07) is 4.01. The zero-order valence-corrected chi connectivity index (χ0v) is 11.0. The van der Waals surface area contributed by atoms with Crippen LogP contribution < -0.4 is 10.6 Å². The smallest absolute Gasteiger partial charge is 0.323 e. The minimum Gasteiger partial charge on any atom is -0.480 e. The van der Waals surface area contributed by atoms with Crippen LogP contribution >= 0.6 is 23.2 Å². The summed E-state index contributed by atoms with van der Waals surface area (Å²) >= 11 is 11.7. The molecule has 1 aromatic rings. The topological polar surface area (TPSA) is 78.4 Å². The molecule has 2 amide bonds. The first-order valence-corrected chi connectivity index (χ1v) is 5.87. The van der Waals surface area contributed by atoms with Gasteiger partial charge in [-0.05, 0) is 24.6 Å². The Morgan fingerprint density at radius 3 is 2.61 bits per heavy atom. The van der Waals surface area contributed by atoms with Gasteiger partial charge >= 0.3 is 12.0 Å². The standard InChI is InChI=1S/C11H12Cl2N2O3/c1-6(15-11(18)14-5-10(16)17)8-3-2-7(12)4-9(8)13/h2-4,6H,5H2,1H3,(H,16,17)(H2,14,15,18). The maximum absolute atomic E-state index is 11.4. The van der Waals surface area contributed by atoms with Gasteiger partial charge in [0.05, 0.1) is 6.04 Å². The van der Waals surface area contributed by atoms with Crippen LogP contribution in [0, 0.1) is 0 Å². The number of carbonyl (C=O) groups is 2. The third-order valence-electron chi connectivity index (χ3n) is 2.18. The lowest BCUT2D eigenvalue weighted by Gasteiger charge is -2.16. The lowest BCUT2D eigenvalue weighted by atomic mass is 10.1. The summed E-state index contributed by atoms with van der Waals surface area (Å²) < 4.78 is 0. The zero-order chi connectivity index (χ0) is 13.7. The first kappa shape index (κ1) is 14.6. The number of carboxylic acids is 1. The highest BCUT2D eigenvalue weighted by Crippen LogP contribution is 2.25. The molecule has 0 fully saturated rings. The van der Waals surface area contributed by atoms with Crippen LogP contribution in [0.5, 0.6) is 0 Å². The van der Waals surface area contributed by atoms with E-state index in [1.54, 1.807) is 25.1 Å². The van der Waals surface area contributed by atoms with Crippen molar-refractivity contribution in [2.45, 2.75) is 13.0 Å². The van der Waals surface area contributed by atoms with Crippen molar-refractivity contribution in [2.24, 2.45) is 0 Å². The van der Waals surface area contributed by atoms with Crippen LogP contribution in [0.3, 0.4) is 0 Å². The first-order chi connectivity index (χ1) is 8.40. The average molecular weight is 291 g/mol. The van der Waals surface area contributed by atoms with E-state index >= 15 is 0 Å². The molecular weight excluding hydrogens is 279 g/mol. The minimum atomic E-state index is -1.11. The second kappa shape index (κ2) is 6.47. The van der Waals surface area contributed by atoms with Crippen LogP contribution in [-0.2, 0) is 4.79 Å². The van der Waals surface area contributed by atoms with Gasteiger partial charge in [0.15, 0.2) is 0 Å². The van der Waals surface area contributed by atoms with Gasteiger partial charge in [0.25, 0.3) is 0 Å². The Balaban J connectivity index is 2.62. The van der Waals surface area contributed by atoms with E-state index in [0.717, 1.165) is 0 Å². The van der Waals surface area contributed by atoms with Gasteiger partial charge in [0.1, 0.15) is 6.54 Å². The maximum atomic E-state index is 11.4. The summed E-state index contributed by atoms with van der Waals surface area (Å²) in [5.74, 6) is -1.11. The molecule has 1 aromatic carbocycles. The molecule has 0 aliphatic heterocycles.